The maximum absolute atomic E-state index is 6.05. The third-order valence-electron chi connectivity index (χ3n) is 5.29. The topological polar surface area (TPSA) is 88.1 Å². The van der Waals surface area contributed by atoms with Gasteiger partial charge in [-0.3, -0.25) is 4.57 Å². The standard InChI is InChI=1S/C26H23N5O3S/c1-18-8-6-7-11-22(18)33-16-23-27-30-26(31(23)20-9-4-3-5-10-20)35-17-24-28-29-25(34-24)19-12-14-21(32-2)15-13-19/h3-15H,16-17H2,1-2H3. The quantitative estimate of drug-likeness (QED) is 0.253. The molecule has 0 saturated carbocycles. The van der Waals surface area contributed by atoms with E-state index in [0.29, 0.717) is 28.5 Å². The highest BCUT2D eigenvalue weighted by Crippen LogP contribution is 2.28. The third kappa shape index (κ3) is 5.20. The molecule has 0 N–H and O–H groups in total. The largest absolute Gasteiger partial charge is 0.497 e. The summed E-state index contributed by atoms with van der Waals surface area (Å²) in [6, 6.07) is 25.4. The van der Waals surface area contributed by atoms with Gasteiger partial charge in [0.2, 0.25) is 11.8 Å². The predicted molar refractivity (Wildman–Crippen MR) is 133 cm³/mol. The lowest BCUT2D eigenvalue weighted by atomic mass is 10.2. The van der Waals surface area contributed by atoms with E-state index < -0.39 is 0 Å². The zero-order valence-corrected chi connectivity index (χ0v) is 20.1. The van der Waals surface area contributed by atoms with Crippen molar-refractivity contribution in [1.82, 2.24) is 25.0 Å². The molecule has 5 rings (SSSR count). The molecule has 0 fully saturated rings. The number of hydrogen-bond acceptors (Lipinski definition) is 8. The van der Waals surface area contributed by atoms with Crippen LogP contribution in [0.1, 0.15) is 17.3 Å². The maximum Gasteiger partial charge on any atom is 0.247 e. The van der Waals surface area contributed by atoms with Crippen LogP contribution in [0.4, 0.5) is 0 Å². The fourth-order valence-corrected chi connectivity index (χ4v) is 4.28. The first-order valence-corrected chi connectivity index (χ1v) is 12.0. The lowest BCUT2D eigenvalue weighted by Crippen LogP contribution is -2.07. The fourth-order valence-electron chi connectivity index (χ4n) is 3.47. The van der Waals surface area contributed by atoms with E-state index in [1.54, 1.807) is 7.11 Å². The molecule has 3 aromatic carbocycles. The SMILES string of the molecule is COc1ccc(-c2nnc(CSc3nnc(COc4ccccc4C)n3-c3ccccc3)o2)cc1. The van der Waals surface area contributed by atoms with Crippen LogP contribution in [-0.4, -0.2) is 32.1 Å². The highest BCUT2D eigenvalue weighted by Gasteiger charge is 2.17. The van der Waals surface area contributed by atoms with Gasteiger partial charge in [-0.15, -0.1) is 20.4 Å². The first kappa shape index (κ1) is 22.7. The van der Waals surface area contributed by atoms with Crippen molar-refractivity contribution < 1.29 is 13.9 Å². The van der Waals surface area contributed by atoms with Crippen molar-refractivity contribution in [3.8, 4) is 28.6 Å². The second-order valence-electron chi connectivity index (χ2n) is 7.64. The molecule has 0 unspecified atom stereocenters. The number of hydrogen-bond donors (Lipinski definition) is 0. The van der Waals surface area contributed by atoms with Crippen molar-refractivity contribution in [1.29, 1.82) is 0 Å². The molecule has 2 aromatic heterocycles. The van der Waals surface area contributed by atoms with Crippen LogP contribution in [0.25, 0.3) is 17.1 Å². The van der Waals surface area contributed by atoms with Crippen molar-refractivity contribution in [3.63, 3.8) is 0 Å². The Morgan fingerprint density at radius 3 is 2.40 bits per heavy atom. The lowest BCUT2D eigenvalue weighted by molar-refractivity contribution is 0.291. The third-order valence-corrected chi connectivity index (χ3v) is 6.21. The molecule has 0 spiro atoms. The van der Waals surface area contributed by atoms with E-state index in [4.69, 9.17) is 13.9 Å². The van der Waals surface area contributed by atoms with Crippen LogP contribution >= 0.6 is 11.8 Å². The van der Waals surface area contributed by atoms with Gasteiger partial charge in [-0.25, -0.2) is 0 Å². The van der Waals surface area contributed by atoms with E-state index in [9.17, 15) is 0 Å². The number of nitrogens with zero attached hydrogens (tertiary/aromatic N) is 5. The zero-order chi connectivity index (χ0) is 24.0. The normalized spacial score (nSPS) is 10.9. The Morgan fingerprint density at radius 1 is 0.857 bits per heavy atom. The van der Waals surface area contributed by atoms with Gasteiger partial charge < -0.3 is 13.9 Å². The minimum Gasteiger partial charge on any atom is -0.497 e. The number of aromatic nitrogens is 5. The van der Waals surface area contributed by atoms with Crippen LogP contribution in [0.5, 0.6) is 11.5 Å². The molecule has 0 aliphatic carbocycles. The first-order chi connectivity index (χ1) is 17.2. The van der Waals surface area contributed by atoms with Gasteiger partial charge in [-0.2, -0.15) is 0 Å². The van der Waals surface area contributed by atoms with Gasteiger partial charge in [-0.05, 0) is 55.0 Å². The van der Waals surface area contributed by atoms with Crippen LogP contribution in [0.2, 0.25) is 0 Å². The van der Waals surface area contributed by atoms with Gasteiger partial charge in [0, 0.05) is 11.3 Å². The molecule has 0 atom stereocenters. The van der Waals surface area contributed by atoms with Gasteiger partial charge in [0.1, 0.15) is 18.1 Å². The van der Waals surface area contributed by atoms with Crippen LogP contribution in [-0.2, 0) is 12.4 Å². The van der Waals surface area contributed by atoms with Gasteiger partial charge in [0.25, 0.3) is 0 Å². The number of para-hydroxylation sites is 2. The summed E-state index contributed by atoms with van der Waals surface area (Å²) in [5.41, 5.74) is 2.85. The maximum atomic E-state index is 6.05. The number of thioether (sulfide) groups is 1. The van der Waals surface area contributed by atoms with Crippen molar-refractivity contribution in [3.05, 3.63) is 96.1 Å². The summed E-state index contributed by atoms with van der Waals surface area (Å²) < 4.78 is 19.1. The Morgan fingerprint density at radius 2 is 1.63 bits per heavy atom. The second-order valence-corrected chi connectivity index (χ2v) is 8.58. The van der Waals surface area contributed by atoms with Crippen LogP contribution in [0.3, 0.4) is 0 Å². The monoisotopic (exact) mass is 485 g/mol. The molecule has 9 heteroatoms. The molecule has 35 heavy (non-hydrogen) atoms. The average molecular weight is 486 g/mol. The van der Waals surface area contributed by atoms with E-state index in [1.807, 2.05) is 90.4 Å². The van der Waals surface area contributed by atoms with E-state index in [0.717, 1.165) is 28.3 Å². The number of ether oxygens (including phenoxy) is 2. The van der Waals surface area contributed by atoms with Crippen molar-refractivity contribution >= 4 is 11.8 Å². The molecule has 0 bridgehead atoms. The molecule has 5 aromatic rings. The highest BCUT2D eigenvalue weighted by molar-refractivity contribution is 7.98. The molecule has 0 saturated heterocycles. The summed E-state index contributed by atoms with van der Waals surface area (Å²) in [5, 5.41) is 17.9. The molecular formula is C26H23N5O3S. The summed E-state index contributed by atoms with van der Waals surface area (Å²) in [6.07, 6.45) is 0. The van der Waals surface area contributed by atoms with Crippen LogP contribution in [0, 0.1) is 6.92 Å². The molecule has 176 valence electrons. The Bertz CT molecular complexity index is 1400. The first-order valence-electron chi connectivity index (χ1n) is 11.0. The summed E-state index contributed by atoms with van der Waals surface area (Å²) in [4.78, 5) is 0. The molecular weight excluding hydrogens is 462 g/mol. The molecule has 2 heterocycles. The molecule has 8 nitrogen and oxygen atoms in total. The summed E-state index contributed by atoms with van der Waals surface area (Å²) in [7, 11) is 1.63. The zero-order valence-electron chi connectivity index (χ0n) is 19.3. The van der Waals surface area contributed by atoms with Crippen molar-refractivity contribution in [2.75, 3.05) is 7.11 Å². The smallest absolute Gasteiger partial charge is 0.247 e. The lowest BCUT2D eigenvalue weighted by Gasteiger charge is -2.11. The molecule has 0 aliphatic heterocycles. The predicted octanol–water partition coefficient (Wildman–Crippen LogP) is 5.51. The molecule has 0 radical (unpaired) electrons. The minimum atomic E-state index is 0.287. The van der Waals surface area contributed by atoms with Crippen molar-refractivity contribution in [2.24, 2.45) is 0 Å². The van der Waals surface area contributed by atoms with Gasteiger partial charge in [-0.1, -0.05) is 48.2 Å². The fraction of sp³-hybridized carbons (Fsp3) is 0.154. The summed E-state index contributed by atoms with van der Waals surface area (Å²) >= 11 is 1.47. The van der Waals surface area contributed by atoms with Gasteiger partial charge in [0.05, 0.1) is 12.9 Å². The van der Waals surface area contributed by atoms with E-state index in [2.05, 4.69) is 20.4 Å². The Kier molecular flexibility index (Phi) is 6.76. The number of methoxy groups -OCH3 is 1. The Balaban J connectivity index is 1.34. The van der Waals surface area contributed by atoms with Crippen molar-refractivity contribution in [2.45, 2.75) is 24.4 Å². The average Bonchev–Trinajstić information content (AvgIpc) is 3.55. The summed E-state index contributed by atoms with van der Waals surface area (Å²) in [5.74, 6) is 3.70. The number of rotatable bonds is 9. The van der Waals surface area contributed by atoms with Crippen LogP contribution < -0.4 is 9.47 Å². The Hall–Kier alpha value is -4.11. The molecule has 0 amide bonds. The summed E-state index contributed by atoms with van der Waals surface area (Å²) in [6.45, 7) is 2.30. The highest BCUT2D eigenvalue weighted by atomic mass is 32.2. The van der Waals surface area contributed by atoms with Gasteiger partial charge >= 0.3 is 0 Å². The Labute approximate surface area is 206 Å². The van der Waals surface area contributed by atoms with E-state index in [-0.39, 0.29) is 6.61 Å². The van der Waals surface area contributed by atoms with Crippen LogP contribution in [0.15, 0.2) is 88.4 Å². The second kappa shape index (κ2) is 10.4. The number of benzene rings is 3. The minimum absolute atomic E-state index is 0.287. The van der Waals surface area contributed by atoms with Gasteiger partial charge in [0.15, 0.2) is 11.0 Å². The number of aryl methyl sites for hydroxylation is 1. The van der Waals surface area contributed by atoms with E-state index in [1.165, 1.54) is 11.8 Å². The van der Waals surface area contributed by atoms with E-state index >= 15 is 0 Å². The molecule has 0 aliphatic rings.